The van der Waals surface area contributed by atoms with E-state index >= 15 is 0 Å². The van der Waals surface area contributed by atoms with Gasteiger partial charge in [-0.3, -0.25) is 5.41 Å². The lowest BCUT2D eigenvalue weighted by molar-refractivity contribution is 0.415. The summed E-state index contributed by atoms with van der Waals surface area (Å²) in [6.45, 7) is 0. The molecule has 0 fully saturated rings. The van der Waals surface area contributed by atoms with Crippen LogP contribution < -0.4 is 15.4 Å². The normalized spacial score (nSPS) is 10.2. The Balaban J connectivity index is 2.47. The van der Waals surface area contributed by atoms with E-state index in [2.05, 4.69) is 15.9 Å². The molecule has 0 aliphatic rings. The molecule has 20 heavy (non-hydrogen) atoms. The lowest BCUT2D eigenvalue weighted by Gasteiger charge is -2.23. The van der Waals surface area contributed by atoms with Crippen LogP contribution in [-0.4, -0.2) is 20.0 Å². The van der Waals surface area contributed by atoms with Crippen LogP contribution in [0.2, 0.25) is 0 Å². The molecule has 0 aliphatic carbocycles. The number of nitrogens with zero attached hydrogens (tertiary/aromatic N) is 1. The van der Waals surface area contributed by atoms with Gasteiger partial charge in [0.1, 0.15) is 11.6 Å². The minimum Gasteiger partial charge on any atom is -0.497 e. The molecule has 0 heterocycles. The number of nitrogens with one attached hydrogen (secondary N) is 1. The summed E-state index contributed by atoms with van der Waals surface area (Å²) in [6.07, 6.45) is 0. The van der Waals surface area contributed by atoms with Gasteiger partial charge in [-0.25, -0.2) is 0 Å². The number of rotatable bonds is 4. The van der Waals surface area contributed by atoms with Crippen LogP contribution in [0, 0.1) is 5.41 Å². The Hall–Kier alpha value is -2.01. The first kappa shape index (κ1) is 14.4. The van der Waals surface area contributed by atoms with E-state index in [1.165, 1.54) is 0 Å². The maximum atomic E-state index is 7.71. The molecule has 0 saturated carbocycles. The van der Waals surface area contributed by atoms with Gasteiger partial charge in [-0.15, -0.1) is 0 Å². The third-order valence-electron chi connectivity index (χ3n) is 3.05. The highest BCUT2D eigenvalue weighted by atomic mass is 79.9. The van der Waals surface area contributed by atoms with Gasteiger partial charge in [0.2, 0.25) is 0 Å². The van der Waals surface area contributed by atoms with Crippen LogP contribution in [0.5, 0.6) is 5.75 Å². The van der Waals surface area contributed by atoms with Crippen LogP contribution in [-0.2, 0) is 0 Å². The summed E-state index contributed by atoms with van der Waals surface area (Å²) in [5.74, 6) is 0.826. The van der Waals surface area contributed by atoms with Gasteiger partial charge in [0, 0.05) is 28.8 Å². The van der Waals surface area contributed by atoms with Gasteiger partial charge in [-0.05, 0) is 30.3 Å². The zero-order valence-corrected chi connectivity index (χ0v) is 12.9. The highest BCUT2D eigenvalue weighted by molar-refractivity contribution is 9.10. The number of nitrogen functional groups attached to an aromatic ring is 1. The molecule has 2 aromatic carbocycles. The molecule has 0 spiro atoms. The fraction of sp³-hybridized carbons (Fsp3) is 0.133. The fourth-order valence-corrected chi connectivity index (χ4v) is 2.34. The number of ether oxygens (including phenoxy) is 1. The smallest absolute Gasteiger partial charge is 0.124 e. The molecule has 0 radical (unpaired) electrons. The third kappa shape index (κ3) is 2.93. The number of halogens is 1. The number of amidine groups is 1. The fourth-order valence-electron chi connectivity index (χ4n) is 1.97. The molecular weight excluding hydrogens is 318 g/mol. The molecular formula is C15H16BrN3O. The van der Waals surface area contributed by atoms with Crippen molar-refractivity contribution < 1.29 is 4.74 Å². The van der Waals surface area contributed by atoms with Crippen molar-refractivity contribution in [1.82, 2.24) is 0 Å². The summed E-state index contributed by atoms with van der Waals surface area (Å²) in [5, 5.41) is 7.71. The van der Waals surface area contributed by atoms with Gasteiger partial charge in [-0.1, -0.05) is 22.0 Å². The second-order valence-electron chi connectivity index (χ2n) is 4.34. The van der Waals surface area contributed by atoms with E-state index < -0.39 is 0 Å². The van der Waals surface area contributed by atoms with E-state index in [4.69, 9.17) is 15.9 Å². The average Bonchev–Trinajstić information content (AvgIpc) is 2.46. The molecule has 2 rings (SSSR count). The highest BCUT2D eigenvalue weighted by Crippen LogP contribution is 2.30. The van der Waals surface area contributed by atoms with Gasteiger partial charge >= 0.3 is 0 Å². The Morgan fingerprint density at radius 1 is 1.25 bits per heavy atom. The zero-order valence-electron chi connectivity index (χ0n) is 11.4. The molecule has 5 heteroatoms. The van der Waals surface area contributed by atoms with Crippen LogP contribution >= 0.6 is 15.9 Å². The second-order valence-corrected chi connectivity index (χ2v) is 5.25. The molecule has 0 bridgehead atoms. The van der Waals surface area contributed by atoms with Gasteiger partial charge in [0.15, 0.2) is 0 Å². The molecule has 3 N–H and O–H groups in total. The molecule has 4 nitrogen and oxygen atoms in total. The van der Waals surface area contributed by atoms with Crippen molar-refractivity contribution >= 4 is 33.1 Å². The Morgan fingerprint density at radius 3 is 2.65 bits per heavy atom. The Bertz CT molecular complexity index is 643. The molecule has 2 aromatic rings. The predicted molar refractivity (Wildman–Crippen MR) is 86.2 cm³/mol. The van der Waals surface area contributed by atoms with Crippen LogP contribution in [0.1, 0.15) is 5.56 Å². The van der Waals surface area contributed by atoms with Gasteiger partial charge in [0.25, 0.3) is 0 Å². The lowest BCUT2D eigenvalue weighted by atomic mass is 10.1. The van der Waals surface area contributed by atoms with Crippen molar-refractivity contribution in [3.8, 4) is 5.75 Å². The first-order valence-corrected chi connectivity index (χ1v) is 6.84. The topological polar surface area (TPSA) is 62.3 Å². The minimum absolute atomic E-state index is 0.0380. The number of methoxy groups -OCH3 is 1. The standard InChI is InChI=1S/C15H16BrN3O/c1-19(11-4-3-5-12(9-11)20-2)14-7-6-10(16)8-13(14)15(17)18/h3-9H,1-2H3,(H3,17,18). The molecule has 104 valence electrons. The number of hydrogen-bond donors (Lipinski definition) is 2. The van der Waals surface area contributed by atoms with E-state index in [0.717, 1.165) is 21.6 Å². The first-order chi connectivity index (χ1) is 9.52. The van der Waals surface area contributed by atoms with Gasteiger partial charge < -0.3 is 15.4 Å². The zero-order chi connectivity index (χ0) is 14.7. The Kier molecular flexibility index (Phi) is 4.29. The van der Waals surface area contributed by atoms with E-state index in [-0.39, 0.29) is 5.84 Å². The van der Waals surface area contributed by atoms with E-state index in [1.807, 2.05) is 54.4 Å². The van der Waals surface area contributed by atoms with Crippen molar-refractivity contribution in [3.63, 3.8) is 0 Å². The molecule has 0 aliphatic heterocycles. The highest BCUT2D eigenvalue weighted by Gasteiger charge is 2.12. The quantitative estimate of drug-likeness (QED) is 0.664. The summed E-state index contributed by atoms with van der Waals surface area (Å²) in [7, 11) is 3.57. The molecule has 0 saturated heterocycles. The summed E-state index contributed by atoms with van der Waals surface area (Å²) < 4.78 is 6.13. The van der Waals surface area contributed by atoms with Crippen molar-refractivity contribution in [1.29, 1.82) is 5.41 Å². The van der Waals surface area contributed by atoms with Crippen molar-refractivity contribution in [2.75, 3.05) is 19.1 Å². The first-order valence-electron chi connectivity index (χ1n) is 6.04. The third-order valence-corrected chi connectivity index (χ3v) is 3.54. The summed E-state index contributed by atoms with van der Waals surface area (Å²) in [5.41, 5.74) is 8.19. The van der Waals surface area contributed by atoms with Crippen LogP contribution in [0.4, 0.5) is 11.4 Å². The molecule has 0 unspecified atom stereocenters. The second kappa shape index (κ2) is 5.96. The minimum atomic E-state index is 0.0380. The molecule has 0 aromatic heterocycles. The lowest BCUT2D eigenvalue weighted by Crippen LogP contribution is -2.18. The summed E-state index contributed by atoms with van der Waals surface area (Å²) in [4.78, 5) is 1.98. The SMILES string of the molecule is COc1cccc(N(C)c2ccc(Br)cc2C(=N)N)c1. The van der Waals surface area contributed by atoms with Gasteiger partial charge in [-0.2, -0.15) is 0 Å². The van der Waals surface area contributed by atoms with Crippen LogP contribution in [0.25, 0.3) is 0 Å². The van der Waals surface area contributed by atoms with Crippen LogP contribution in [0.3, 0.4) is 0 Å². The number of benzene rings is 2. The van der Waals surface area contributed by atoms with Crippen molar-refractivity contribution in [2.24, 2.45) is 5.73 Å². The van der Waals surface area contributed by atoms with E-state index in [1.54, 1.807) is 7.11 Å². The van der Waals surface area contributed by atoms with Gasteiger partial charge in [0.05, 0.1) is 12.8 Å². The van der Waals surface area contributed by atoms with Crippen LogP contribution in [0.15, 0.2) is 46.9 Å². The molecule has 0 atom stereocenters. The largest absolute Gasteiger partial charge is 0.497 e. The monoisotopic (exact) mass is 333 g/mol. The summed E-state index contributed by atoms with van der Waals surface area (Å²) in [6, 6.07) is 13.4. The number of hydrogen-bond acceptors (Lipinski definition) is 3. The van der Waals surface area contributed by atoms with E-state index in [0.29, 0.717) is 5.56 Å². The average molecular weight is 334 g/mol. The Morgan fingerprint density at radius 2 is 2.00 bits per heavy atom. The molecule has 0 amide bonds. The number of nitrogens with two attached hydrogens (primary N) is 1. The predicted octanol–water partition coefficient (Wildman–Crippen LogP) is 3.51. The maximum absolute atomic E-state index is 7.71. The van der Waals surface area contributed by atoms with Crippen molar-refractivity contribution in [3.05, 3.63) is 52.5 Å². The summed E-state index contributed by atoms with van der Waals surface area (Å²) >= 11 is 3.40. The Labute approximate surface area is 126 Å². The van der Waals surface area contributed by atoms with E-state index in [9.17, 15) is 0 Å². The maximum Gasteiger partial charge on any atom is 0.124 e. The number of anilines is 2. The van der Waals surface area contributed by atoms with Crippen molar-refractivity contribution in [2.45, 2.75) is 0 Å².